The molecule has 0 aliphatic rings. The Labute approximate surface area is 95.1 Å². The molecule has 1 amide bonds. The van der Waals surface area contributed by atoms with Crippen LogP contribution >= 0.6 is 0 Å². The Hall–Kier alpha value is -1.83. The number of carbonyl (C=O) groups excluding carboxylic acids is 1. The van der Waals surface area contributed by atoms with Crippen LogP contribution in [0.4, 0.5) is 0 Å². The van der Waals surface area contributed by atoms with E-state index < -0.39 is 5.41 Å². The molecule has 0 saturated heterocycles. The zero-order valence-corrected chi connectivity index (χ0v) is 9.82. The summed E-state index contributed by atoms with van der Waals surface area (Å²) in [6, 6.07) is 1.96. The first-order chi connectivity index (χ1) is 7.47. The number of carbonyl (C=O) groups is 1. The van der Waals surface area contributed by atoms with Gasteiger partial charge in [0.1, 0.15) is 11.2 Å². The van der Waals surface area contributed by atoms with E-state index in [0.29, 0.717) is 13.0 Å². The summed E-state index contributed by atoms with van der Waals surface area (Å²) >= 11 is 0. The van der Waals surface area contributed by atoms with E-state index in [9.17, 15) is 4.79 Å². The predicted octanol–water partition coefficient (Wildman–Crippen LogP) is 0.629. The van der Waals surface area contributed by atoms with E-state index in [2.05, 4.69) is 10.3 Å². The van der Waals surface area contributed by atoms with Gasteiger partial charge in [-0.25, -0.2) is 4.98 Å². The highest BCUT2D eigenvalue weighted by atomic mass is 16.2. The molecule has 0 aliphatic heterocycles. The molecule has 16 heavy (non-hydrogen) atoms. The van der Waals surface area contributed by atoms with Crippen LogP contribution in [0.5, 0.6) is 0 Å². The van der Waals surface area contributed by atoms with Crippen LogP contribution in [0.2, 0.25) is 0 Å². The Morgan fingerprint density at radius 3 is 2.88 bits per heavy atom. The standard InChI is InChI=1S/C11H16N4O/c1-11(2,8-12)10(16)14-5-4-9-13-6-7-15(9)3/h6-7H,4-5H2,1-3H3,(H,14,16). The summed E-state index contributed by atoms with van der Waals surface area (Å²) in [5, 5.41) is 11.5. The molecule has 1 heterocycles. The maximum absolute atomic E-state index is 11.5. The molecule has 1 aromatic heterocycles. The first-order valence-electron chi connectivity index (χ1n) is 5.13. The molecule has 0 atom stereocenters. The SMILES string of the molecule is Cn1ccnc1CCNC(=O)C(C)(C)C#N. The van der Waals surface area contributed by atoms with Crippen molar-refractivity contribution < 1.29 is 4.79 Å². The van der Waals surface area contributed by atoms with Gasteiger partial charge in [-0.3, -0.25) is 4.79 Å². The Bertz CT molecular complexity index is 414. The van der Waals surface area contributed by atoms with Gasteiger partial charge in [0.25, 0.3) is 0 Å². The first-order valence-corrected chi connectivity index (χ1v) is 5.13. The van der Waals surface area contributed by atoms with Crippen LogP contribution in [0.1, 0.15) is 19.7 Å². The number of nitriles is 1. The Morgan fingerprint density at radius 1 is 1.69 bits per heavy atom. The smallest absolute Gasteiger partial charge is 0.239 e. The van der Waals surface area contributed by atoms with E-state index in [-0.39, 0.29) is 5.91 Å². The molecule has 86 valence electrons. The molecule has 0 bridgehead atoms. The third-order valence-electron chi connectivity index (χ3n) is 2.40. The Balaban J connectivity index is 2.41. The predicted molar refractivity (Wildman–Crippen MR) is 59.3 cm³/mol. The number of aryl methyl sites for hydroxylation is 1. The fraction of sp³-hybridized carbons (Fsp3) is 0.545. The maximum atomic E-state index is 11.5. The molecule has 0 aliphatic carbocycles. The van der Waals surface area contributed by atoms with Crippen LogP contribution < -0.4 is 5.32 Å². The highest BCUT2D eigenvalue weighted by Gasteiger charge is 2.26. The van der Waals surface area contributed by atoms with Crippen molar-refractivity contribution in [2.24, 2.45) is 12.5 Å². The lowest BCUT2D eigenvalue weighted by Crippen LogP contribution is -2.37. The monoisotopic (exact) mass is 220 g/mol. The van der Waals surface area contributed by atoms with Gasteiger partial charge in [-0.1, -0.05) is 0 Å². The quantitative estimate of drug-likeness (QED) is 0.809. The molecule has 1 rings (SSSR count). The molecule has 5 nitrogen and oxygen atoms in total. The Kier molecular flexibility index (Phi) is 3.67. The van der Waals surface area contributed by atoms with Gasteiger partial charge in [-0.15, -0.1) is 0 Å². The van der Waals surface area contributed by atoms with Crippen molar-refractivity contribution in [3.05, 3.63) is 18.2 Å². The first kappa shape index (κ1) is 12.2. The van der Waals surface area contributed by atoms with Gasteiger partial charge in [-0.05, 0) is 13.8 Å². The summed E-state index contributed by atoms with van der Waals surface area (Å²) in [5.74, 6) is 0.666. The number of aromatic nitrogens is 2. The van der Waals surface area contributed by atoms with Crippen LogP contribution in [-0.2, 0) is 18.3 Å². The van der Waals surface area contributed by atoms with E-state index in [1.54, 1.807) is 20.0 Å². The van der Waals surface area contributed by atoms with Crippen LogP contribution in [0.25, 0.3) is 0 Å². The van der Waals surface area contributed by atoms with Gasteiger partial charge in [0.15, 0.2) is 0 Å². The van der Waals surface area contributed by atoms with Crippen molar-refractivity contribution in [1.82, 2.24) is 14.9 Å². The third kappa shape index (κ3) is 2.83. The minimum absolute atomic E-state index is 0.246. The lowest BCUT2D eigenvalue weighted by molar-refractivity contribution is -0.126. The highest BCUT2D eigenvalue weighted by molar-refractivity contribution is 5.84. The fourth-order valence-corrected chi connectivity index (χ4v) is 1.20. The summed E-state index contributed by atoms with van der Waals surface area (Å²) in [7, 11) is 1.91. The van der Waals surface area contributed by atoms with Gasteiger partial charge in [0.05, 0.1) is 6.07 Å². The van der Waals surface area contributed by atoms with E-state index in [1.807, 2.05) is 23.9 Å². The molecular weight excluding hydrogens is 204 g/mol. The second-order valence-corrected chi connectivity index (χ2v) is 4.20. The number of hydrogen-bond donors (Lipinski definition) is 1. The van der Waals surface area contributed by atoms with Gasteiger partial charge in [0, 0.05) is 32.4 Å². The number of rotatable bonds is 4. The van der Waals surface area contributed by atoms with Crippen molar-refractivity contribution in [3.8, 4) is 6.07 Å². The average molecular weight is 220 g/mol. The van der Waals surface area contributed by atoms with Crippen LogP contribution in [0, 0.1) is 16.7 Å². The lowest BCUT2D eigenvalue weighted by atomic mass is 9.95. The number of nitrogens with one attached hydrogen (secondary N) is 1. The summed E-state index contributed by atoms with van der Waals surface area (Å²) in [4.78, 5) is 15.7. The molecule has 1 aromatic rings. The van der Waals surface area contributed by atoms with Crippen LogP contribution in [0.15, 0.2) is 12.4 Å². The number of nitrogens with zero attached hydrogens (tertiary/aromatic N) is 3. The van der Waals surface area contributed by atoms with Crippen molar-refractivity contribution in [1.29, 1.82) is 5.26 Å². The number of imidazole rings is 1. The molecule has 0 spiro atoms. The van der Waals surface area contributed by atoms with Crippen molar-refractivity contribution in [2.45, 2.75) is 20.3 Å². The number of hydrogen-bond acceptors (Lipinski definition) is 3. The average Bonchev–Trinajstić information content (AvgIpc) is 2.64. The minimum atomic E-state index is -0.971. The molecular formula is C11H16N4O. The molecule has 0 aromatic carbocycles. The highest BCUT2D eigenvalue weighted by Crippen LogP contribution is 2.12. The van der Waals surface area contributed by atoms with Gasteiger partial charge < -0.3 is 9.88 Å². The van der Waals surface area contributed by atoms with E-state index >= 15 is 0 Å². The number of amides is 1. The van der Waals surface area contributed by atoms with E-state index in [1.165, 1.54) is 0 Å². The molecule has 0 unspecified atom stereocenters. The fourth-order valence-electron chi connectivity index (χ4n) is 1.20. The normalized spacial score (nSPS) is 10.9. The Morgan fingerprint density at radius 2 is 2.38 bits per heavy atom. The summed E-state index contributed by atoms with van der Waals surface area (Å²) in [6.45, 7) is 3.70. The minimum Gasteiger partial charge on any atom is -0.354 e. The molecule has 1 N–H and O–H groups in total. The summed E-state index contributed by atoms with van der Waals surface area (Å²) < 4.78 is 1.90. The van der Waals surface area contributed by atoms with Crippen molar-refractivity contribution in [3.63, 3.8) is 0 Å². The topological polar surface area (TPSA) is 70.7 Å². The molecule has 5 heteroatoms. The second-order valence-electron chi connectivity index (χ2n) is 4.20. The lowest BCUT2D eigenvalue weighted by Gasteiger charge is -2.14. The van der Waals surface area contributed by atoms with E-state index in [4.69, 9.17) is 5.26 Å². The van der Waals surface area contributed by atoms with Crippen molar-refractivity contribution in [2.75, 3.05) is 6.54 Å². The van der Waals surface area contributed by atoms with Gasteiger partial charge >= 0.3 is 0 Å². The molecule has 0 radical (unpaired) electrons. The molecule has 0 saturated carbocycles. The zero-order chi connectivity index (χ0) is 12.2. The van der Waals surface area contributed by atoms with Crippen LogP contribution in [0.3, 0.4) is 0 Å². The van der Waals surface area contributed by atoms with Gasteiger partial charge in [0.2, 0.25) is 5.91 Å². The largest absolute Gasteiger partial charge is 0.354 e. The molecule has 0 fully saturated rings. The summed E-state index contributed by atoms with van der Waals surface area (Å²) in [6.07, 6.45) is 4.24. The summed E-state index contributed by atoms with van der Waals surface area (Å²) in [5.41, 5.74) is -0.971. The zero-order valence-electron chi connectivity index (χ0n) is 9.82. The maximum Gasteiger partial charge on any atom is 0.239 e. The van der Waals surface area contributed by atoms with Gasteiger partial charge in [-0.2, -0.15) is 5.26 Å². The van der Waals surface area contributed by atoms with E-state index in [0.717, 1.165) is 5.82 Å². The second kappa shape index (κ2) is 4.79. The van der Waals surface area contributed by atoms with Crippen LogP contribution in [-0.4, -0.2) is 22.0 Å². The van der Waals surface area contributed by atoms with Crippen molar-refractivity contribution >= 4 is 5.91 Å². The third-order valence-corrected chi connectivity index (χ3v) is 2.40.